The van der Waals surface area contributed by atoms with Gasteiger partial charge < -0.3 is 22.1 Å². The molecule has 1 aromatic heterocycles. The largest absolute Gasteiger partial charge is 1.00 e. The highest BCUT2D eigenvalue weighted by atomic mass is 35.5. The van der Waals surface area contributed by atoms with Crippen LogP contribution in [0, 0.1) is 0 Å². The van der Waals surface area contributed by atoms with Crippen molar-refractivity contribution in [3.8, 4) is 0 Å². The highest BCUT2D eigenvalue weighted by Crippen LogP contribution is 2.21. The normalized spacial score (nSPS) is 10.6. The Hall–Kier alpha value is -0.610. The van der Waals surface area contributed by atoms with E-state index in [1.807, 2.05) is 19.2 Å². The van der Waals surface area contributed by atoms with E-state index in [-0.39, 0.29) is 18.2 Å². The fourth-order valence-electron chi connectivity index (χ4n) is 0.955. The molecule has 0 saturated heterocycles. The van der Waals surface area contributed by atoms with E-state index in [4.69, 9.17) is 0 Å². The lowest BCUT2D eigenvalue weighted by molar-refractivity contribution is -0.603. The van der Waals surface area contributed by atoms with Crippen molar-refractivity contribution in [2.75, 3.05) is 0 Å². The number of alkyl halides is 2. The minimum Gasteiger partial charge on any atom is -1.00 e. The Morgan fingerprint density at radius 2 is 2.00 bits per heavy atom. The summed E-state index contributed by atoms with van der Waals surface area (Å²) in [5, 5.41) is 1.87. The van der Waals surface area contributed by atoms with Gasteiger partial charge in [-0.25, -0.2) is 8.78 Å². The summed E-state index contributed by atoms with van der Waals surface area (Å²) in [6.07, 6.45) is -1.17. The summed E-state index contributed by atoms with van der Waals surface area (Å²) < 4.78 is 28.7. The van der Waals surface area contributed by atoms with Crippen LogP contribution in [0.15, 0.2) is 16.7 Å². The average molecular weight is 212 g/mol. The summed E-state index contributed by atoms with van der Waals surface area (Å²) in [6.45, 7) is 3.96. The first kappa shape index (κ1) is 12.4. The van der Waals surface area contributed by atoms with Crippen LogP contribution in [0.1, 0.15) is 26.0 Å². The second-order valence-corrected chi connectivity index (χ2v) is 2.99. The molecule has 1 heterocycles. The van der Waals surface area contributed by atoms with E-state index in [1.165, 1.54) is 12.3 Å². The van der Waals surface area contributed by atoms with Gasteiger partial charge >= 0.3 is 0 Å². The highest BCUT2D eigenvalue weighted by molar-refractivity contribution is 5.25. The number of hydrogen-bond acceptors (Lipinski definition) is 1. The van der Waals surface area contributed by atoms with Gasteiger partial charge in [0.05, 0.1) is 6.04 Å². The fraction of sp³-hybridized carbons (Fsp3) is 0.500. The van der Waals surface area contributed by atoms with E-state index in [0.717, 1.165) is 5.69 Å². The second kappa shape index (κ2) is 5.19. The molecule has 76 valence electrons. The van der Waals surface area contributed by atoms with E-state index in [0.29, 0.717) is 6.04 Å². The molecule has 0 amide bonds. The zero-order valence-corrected chi connectivity index (χ0v) is 8.18. The highest BCUT2D eigenvalue weighted by Gasteiger charge is 2.14. The molecular weight excluding hydrogens is 200 g/mol. The van der Waals surface area contributed by atoms with Crippen molar-refractivity contribution in [1.29, 1.82) is 0 Å². The van der Waals surface area contributed by atoms with Crippen LogP contribution in [-0.4, -0.2) is 6.04 Å². The van der Waals surface area contributed by atoms with Gasteiger partial charge in [-0.15, -0.1) is 0 Å². The summed E-state index contributed by atoms with van der Waals surface area (Å²) in [5.41, 5.74) is 0.723. The lowest BCUT2D eigenvalue weighted by atomic mass is 10.3. The molecule has 2 nitrogen and oxygen atoms in total. The molecule has 0 aliphatic heterocycles. The molecule has 0 atom stereocenters. The molecule has 5 heteroatoms. The molecule has 0 unspecified atom stereocenters. The number of hydrogen-bond donors (Lipinski definition) is 1. The predicted octanol–water partition coefficient (Wildman–Crippen LogP) is -1.18. The smallest absolute Gasteiger partial charge is 0.295 e. The third kappa shape index (κ3) is 3.74. The minimum absolute atomic E-state index is 0. The summed E-state index contributed by atoms with van der Waals surface area (Å²) in [4.78, 5) is 0. The summed E-state index contributed by atoms with van der Waals surface area (Å²) >= 11 is 0. The van der Waals surface area contributed by atoms with Crippen molar-refractivity contribution in [2.45, 2.75) is 26.3 Å². The van der Waals surface area contributed by atoms with Crippen molar-refractivity contribution in [3.05, 3.63) is 18.1 Å². The lowest BCUT2D eigenvalue weighted by Gasteiger charge is -1.98. The maximum absolute atomic E-state index is 12.0. The SMILES string of the molecule is CC(C)[NH2+]c1coc(C(F)F)c1.[Cl-]. The van der Waals surface area contributed by atoms with E-state index < -0.39 is 6.43 Å². The molecule has 0 aliphatic rings. The second-order valence-electron chi connectivity index (χ2n) is 2.99. The van der Waals surface area contributed by atoms with Gasteiger partial charge in [0, 0.05) is 6.07 Å². The van der Waals surface area contributed by atoms with Crippen molar-refractivity contribution in [3.63, 3.8) is 0 Å². The Kier molecular flexibility index (Phi) is 4.95. The van der Waals surface area contributed by atoms with Crippen LogP contribution in [0.25, 0.3) is 0 Å². The predicted molar refractivity (Wildman–Crippen MR) is 40.4 cm³/mol. The molecule has 0 aromatic carbocycles. The Balaban J connectivity index is 0.00000144. The molecule has 0 spiro atoms. The Morgan fingerprint density at radius 1 is 1.38 bits per heavy atom. The number of quaternary nitrogens is 1. The topological polar surface area (TPSA) is 29.8 Å². The van der Waals surface area contributed by atoms with E-state index >= 15 is 0 Å². The first-order valence-corrected chi connectivity index (χ1v) is 3.81. The zero-order chi connectivity index (χ0) is 9.14. The van der Waals surface area contributed by atoms with E-state index in [1.54, 1.807) is 0 Å². The summed E-state index contributed by atoms with van der Waals surface area (Å²) in [7, 11) is 0. The van der Waals surface area contributed by atoms with E-state index in [9.17, 15) is 8.78 Å². The molecule has 0 fully saturated rings. The van der Waals surface area contributed by atoms with Crippen molar-refractivity contribution in [1.82, 2.24) is 0 Å². The van der Waals surface area contributed by atoms with Gasteiger partial charge in [0.15, 0.2) is 17.7 Å². The maximum atomic E-state index is 12.0. The monoisotopic (exact) mass is 211 g/mol. The number of furan rings is 1. The van der Waals surface area contributed by atoms with Gasteiger partial charge in [-0.2, -0.15) is 0 Å². The van der Waals surface area contributed by atoms with Crippen molar-refractivity contribution >= 4 is 5.69 Å². The van der Waals surface area contributed by atoms with Crippen molar-refractivity contribution < 1.29 is 30.9 Å². The number of rotatable bonds is 3. The van der Waals surface area contributed by atoms with Crippen molar-refractivity contribution in [2.24, 2.45) is 0 Å². The van der Waals surface area contributed by atoms with Gasteiger partial charge in [-0.3, -0.25) is 0 Å². The fourth-order valence-corrected chi connectivity index (χ4v) is 0.955. The molecule has 0 aliphatic carbocycles. The zero-order valence-electron chi connectivity index (χ0n) is 7.43. The molecule has 1 aromatic rings. The molecule has 1 rings (SSSR count). The molecular formula is C8H12ClF2NO. The molecule has 0 saturated carbocycles. The molecule has 13 heavy (non-hydrogen) atoms. The van der Waals surface area contributed by atoms with Gasteiger partial charge in [0.25, 0.3) is 6.43 Å². The van der Waals surface area contributed by atoms with Crippen LogP contribution in [0.5, 0.6) is 0 Å². The average Bonchev–Trinajstić information content (AvgIpc) is 2.34. The van der Waals surface area contributed by atoms with Crippen LogP contribution in [0.3, 0.4) is 0 Å². The van der Waals surface area contributed by atoms with E-state index in [2.05, 4.69) is 4.42 Å². The van der Waals surface area contributed by atoms with Crippen LogP contribution in [-0.2, 0) is 0 Å². The van der Waals surface area contributed by atoms with Crippen LogP contribution < -0.4 is 17.7 Å². The number of nitrogens with two attached hydrogens (primary N) is 1. The standard InChI is InChI=1S/C8H11F2NO.ClH/c1-5(2)11-6-3-7(8(9)10)12-4-6;/h3-5,8,11H,1-2H3;1H. The van der Waals surface area contributed by atoms with Gasteiger partial charge in [-0.05, 0) is 13.8 Å². The third-order valence-electron chi connectivity index (χ3n) is 1.38. The molecule has 2 N–H and O–H groups in total. The van der Waals surface area contributed by atoms with Gasteiger partial charge in [-0.1, -0.05) is 0 Å². The van der Waals surface area contributed by atoms with Crippen LogP contribution >= 0.6 is 0 Å². The van der Waals surface area contributed by atoms with Crippen LogP contribution in [0.4, 0.5) is 14.5 Å². The van der Waals surface area contributed by atoms with Crippen LogP contribution in [0.2, 0.25) is 0 Å². The maximum Gasteiger partial charge on any atom is 0.295 e. The van der Waals surface area contributed by atoms with Gasteiger partial charge in [0.1, 0.15) is 0 Å². The number of halogens is 3. The quantitative estimate of drug-likeness (QED) is 0.671. The minimum atomic E-state index is -2.51. The summed E-state index contributed by atoms with van der Waals surface area (Å²) in [5.74, 6) is -0.262. The Labute approximate surface area is 81.7 Å². The first-order chi connectivity index (χ1) is 5.59. The third-order valence-corrected chi connectivity index (χ3v) is 1.38. The first-order valence-electron chi connectivity index (χ1n) is 3.81. The Bertz CT molecular complexity index is 250. The molecule has 0 radical (unpaired) electrons. The molecule has 0 bridgehead atoms. The van der Waals surface area contributed by atoms with Gasteiger partial charge in [0.2, 0.25) is 0 Å². The lowest BCUT2D eigenvalue weighted by Crippen LogP contribution is -3.00. The Morgan fingerprint density at radius 3 is 2.38 bits per heavy atom. The summed E-state index contributed by atoms with van der Waals surface area (Å²) in [6, 6.07) is 1.71.